The largest absolute Gasteiger partial charge is 0.383 e. The van der Waals surface area contributed by atoms with E-state index in [4.69, 9.17) is 17.3 Å². The number of anilines is 1. The number of halogens is 2. The van der Waals surface area contributed by atoms with Crippen LogP contribution >= 0.6 is 34.2 Å². The van der Waals surface area contributed by atoms with Gasteiger partial charge in [-0.15, -0.1) is 0 Å². The number of rotatable bonds is 0. The second-order valence-corrected chi connectivity index (χ2v) is 4.82. The summed E-state index contributed by atoms with van der Waals surface area (Å²) < 4.78 is 1.09. The molecule has 0 saturated heterocycles. The molecule has 1 heterocycles. The zero-order valence-corrected chi connectivity index (χ0v) is 11.2. The van der Waals surface area contributed by atoms with Crippen LogP contribution in [-0.4, -0.2) is 9.97 Å². The first-order chi connectivity index (χ1) is 7.00. The smallest absolute Gasteiger partial charge is 0.224 e. The summed E-state index contributed by atoms with van der Waals surface area (Å²) in [4.78, 5) is 8.13. The Hall–Kier alpha value is -0.620. The van der Waals surface area contributed by atoms with Crippen LogP contribution in [0.5, 0.6) is 0 Å². The third kappa shape index (κ3) is 1.76. The molecule has 0 amide bonds. The third-order valence-corrected chi connectivity index (χ3v) is 3.95. The molecule has 0 aliphatic rings. The number of hydrogen-bond donors (Lipinski definition) is 1. The summed E-state index contributed by atoms with van der Waals surface area (Å²) in [7, 11) is 0. The Balaban J connectivity index is 2.99. The number of benzene rings is 1. The van der Waals surface area contributed by atoms with Gasteiger partial charge in [-0.3, -0.25) is 0 Å². The molecule has 1 aromatic carbocycles. The van der Waals surface area contributed by atoms with E-state index in [0.717, 1.165) is 14.5 Å². The maximum atomic E-state index is 5.84. The quantitative estimate of drug-likeness (QED) is 0.595. The molecule has 0 fully saturated rings. The van der Waals surface area contributed by atoms with Gasteiger partial charge in [-0.25, -0.2) is 9.97 Å². The van der Waals surface area contributed by atoms with E-state index in [1.807, 2.05) is 13.0 Å². The summed E-state index contributed by atoms with van der Waals surface area (Å²) >= 11 is 8.03. The van der Waals surface area contributed by atoms with Gasteiger partial charge in [-0.2, -0.15) is 0 Å². The number of aromatic nitrogens is 2. The zero-order valence-electron chi connectivity index (χ0n) is 8.31. The molecule has 0 saturated carbocycles. The molecule has 0 radical (unpaired) electrons. The Labute approximate surface area is 106 Å². The lowest BCUT2D eigenvalue weighted by molar-refractivity contribution is 1.21. The maximum Gasteiger partial charge on any atom is 0.224 e. The molecule has 0 atom stereocenters. The average molecular weight is 334 g/mol. The average Bonchev–Trinajstić information content (AvgIpc) is 2.13. The molecular weight excluding hydrogens is 324 g/mol. The molecule has 0 spiro atoms. The minimum atomic E-state index is 0.194. The van der Waals surface area contributed by atoms with Gasteiger partial charge >= 0.3 is 0 Å². The molecule has 3 nitrogen and oxygen atoms in total. The van der Waals surface area contributed by atoms with Crippen molar-refractivity contribution < 1.29 is 0 Å². The highest BCUT2D eigenvalue weighted by atomic mass is 127. The van der Waals surface area contributed by atoms with Crippen molar-refractivity contribution in [3.63, 3.8) is 0 Å². The maximum absolute atomic E-state index is 5.84. The Morgan fingerprint density at radius 2 is 2.00 bits per heavy atom. The summed E-state index contributed by atoms with van der Waals surface area (Å²) in [6.45, 7) is 4.10. The summed E-state index contributed by atoms with van der Waals surface area (Å²) in [5, 5.41) is 1.09. The van der Waals surface area contributed by atoms with Gasteiger partial charge in [0.05, 0.1) is 10.9 Å². The van der Waals surface area contributed by atoms with E-state index in [1.54, 1.807) is 0 Å². The van der Waals surface area contributed by atoms with Crippen molar-refractivity contribution in [2.24, 2.45) is 0 Å². The topological polar surface area (TPSA) is 51.8 Å². The molecule has 0 unspecified atom stereocenters. The highest BCUT2D eigenvalue weighted by molar-refractivity contribution is 14.1. The predicted octanol–water partition coefficient (Wildman–Crippen LogP) is 3.09. The first kappa shape index (κ1) is 10.9. The normalized spacial score (nSPS) is 10.9. The molecule has 0 bridgehead atoms. The second-order valence-electron chi connectivity index (χ2n) is 3.40. The Morgan fingerprint density at radius 3 is 2.67 bits per heavy atom. The number of aryl methyl sites for hydroxylation is 1. The fourth-order valence-corrected chi connectivity index (χ4v) is 2.63. The molecule has 15 heavy (non-hydrogen) atoms. The van der Waals surface area contributed by atoms with Crippen LogP contribution in [-0.2, 0) is 0 Å². The van der Waals surface area contributed by atoms with E-state index >= 15 is 0 Å². The van der Waals surface area contributed by atoms with Gasteiger partial charge in [-0.05, 0) is 65.2 Å². The lowest BCUT2D eigenvalue weighted by Gasteiger charge is -2.09. The van der Waals surface area contributed by atoms with E-state index in [2.05, 4.69) is 39.5 Å². The summed E-state index contributed by atoms with van der Waals surface area (Å²) in [5.74, 6) is 0.442. The number of nitrogen functional groups attached to an aromatic ring is 1. The van der Waals surface area contributed by atoms with E-state index in [1.165, 1.54) is 11.1 Å². The summed E-state index contributed by atoms with van der Waals surface area (Å²) in [6.07, 6.45) is 0. The molecule has 0 aliphatic carbocycles. The van der Waals surface area contributed by atoms with Crippen molar-refractivity contribution >= 4 is 50.9 Å². The van der Waals surface area contributed by atoms with Crippen LogP contribution in [0.15, 0.2) is 6.07 Å². The molecule has 2 N–H and O–H groups in total. The van der Waals surface area contributed by atoms with E-state index in [9.17, 15) is 0 Å². The minimum absolute atomic E-state index is 0.194. The van der Waals surface area contributed by atoms with Gasteiger partial charge < -0.3 is 5.73 Å². The van der Waals surface area contributed by atoms with Gasteiger partial charge in [0.25, 0.3) is 0 Å². The molecule has 2 aromatic rings. The fourth-order valence-electron chi connectivity index (χ4n) is 1.47. The molecule has 2 rings (SSSR count). The highest BCUT2D eigenvalue weighted by Crippen LogP contribution is 2.29. The highest BCUT2D eigenvalue weighted by Gasteiger charge is 2.11. The first-order valence-electron chi connectivity index (χ1n) is 4.39. The van der Waals surface area contributed by atoms with Crippen molar-refractivity contribution in [2.75, 3.05) is 5.73 Å². The summed E-state index contributed by atoms with van der Waals surface area (Å²) in [5.41, 5.74) is 9.03. The van der Waals surface area contributed by atoms with E-state index in [0.29, 0.717) is 5.82 Å². The molecule has 1 aromatic heterocycles. The van der Waals surface area contributed by atoms with Crippen molar-refractivity contribution in [3.8, 4) is 0 Å². The lowest BCUT2D eigenvalue weighted by Crippen LogP contribution is -1.99. The summed E-state index contributed by atoms with van der Waals surface area (Å²) in [6, 6.07) is 1.98. The molecule has 78 valence electrons. The van der Waals surface area contributed by atoms with E-state index in [-0.39, 0.29) is 5.28 Å². The molecular formula is C10H9ClIN3. The number of nitrogens with two attached hydrogens (primary N) is 1. The third-order valence-electron chi connectivity index (χ3n) is 2.43. The van der Waals surface area contributed by atoms with Crippen LogP contribution in [0.25, 0.3) is 10.9 Å². The first-order valence-corrected chi connectivity index (χ1v) is 5.85. The molecule has 0 aliphatic heterocycles. The number of nitrogens with zero attached hydrogens (tertiary/aromatic N) is 2. The van der Waals surface area contributed by atoms with Gasteiger partial charge in [0, 0.05) is 3.57 Å². The SMILES string of the molecule is Cc1cc2nc(Cl)nc(N)c2c(I)c1C. The van der Waals surface area contributed by atoms with Gasteiger partial charge in [0.15, 0.2) is 0 Å². The van der Waals surface area contributed by atoms with Crippen molar-refractivity contribution in [3.05, 3.63) is 26.0 Å². The Bertz CT molecular complexity index is 554. The van der Waals surface area contributed by atoms with Crippen LogP contribution in [0, 0.1) is 17.4 Å². The van der Waals surface area contributed by atoms with Crippen molar-refractivity contribution in [1.82, 2.24) is 9.97 Å². The number of hydrogen-bond acceptors (Lipinski definition) is 3. The van der Waals surface area contributed by atoms with Crippen molar-refractivity contribution in [1.29, 1.82) is 0 Å². The van der Waals surface area contributed by atoms with Crippen LogP contribution in [0.2, 0.25) is 5.28 Å². The molecule has 5 heteroatoms. The standard InChI is InChI=1S/C10H9ClIN3/c1-4-3-6-7(8(12)5(4)2)9(13)15-10(11)14-6/h3H,1-2H3,(H2,13,14,15). The second kappa shape index (κ2) is 3.75. The van der Waals surface area contributed by atoms with Crippen LogP contribution in [0.4, 0.5) is 5.82 Å². The van der Waals surface area contributed by atoms with Crippen LogP contribution in [0.1, 0.15) is 11.1 Å². The number of fused-ring (bicyclic) bond motifs is 1. The Kier molecular flexibility index (Phi) is 2.72. The monoisotopic (exact) mass is 333 g/mol. The lowest BCUT2D eigenvalue weighted by atomic mass is 10.1. The zero-order chi connectivity index (χ0) is 11.2. The minimum Gasteiger partial charge on any atom is -0.383 e. The van der Waals surface area contributed by atoms with Gasteiger partial charge in [0.2, 0.25) is 5.28 Å². The predicted molar refractivity (Wildman–Crippen MR) is 71.2 cm³/mol. The Morgan fingerprint density at radius 1 is 1.33 bits per heavy atom. The van der Waals surface area contributed by atoms with Crippen LogP contribution < -0.4 is 5.73 Å². The van der Waals surface area contributed by atoms with Crippen molar-refractivity contribution in [2.45, 2.75) is 13.8 Å². The fraction of sp³-hybridized carbons (Fsp3) is 0.200. The van der Waals surface area contributed by atoms with Gasteiger partial charge in [0.1, 0.15) is 5.82 Å². The van der Waals surface area contributed by atoms with E-state index < -0.39 is 0 Å². The van der Waals surface area contributed by atoms with Crippen LogP contribution in [0.3, 0.4) is 0 Å². The van der Waals surface area contributed by atoms with Gasteiger partial charge in [-0.1, -0.05) is 0 Å².